The molecule has 3 aromatic rings. The maximum Gasteiger partial charge on any atom is 0.348 e. The number of ether oxygens (including phenoxy) is 1. The molecule has 3 aromatic carbocycles. The Balaban J connectivity index is 1.23. The molecule has 0 saturated carbocycles. The van der Waals surface area contributed by atoms with Gasteiger partial charge in [0.05, 0.1) is 19.6 Å². The number of benzene rings is 3. The first-order valence-electron chi connectivity index (χ1n) is 13.5. The van der Waals surface area contributed by atoms with E-state index < -0.39 is 11.6 Å². The zero-order valence-corrected chi connectivity index (χ0v) is 21.1. The number of nitrogens with zero attached hydrogens (tertiary/aromatic N) is 1. The lowest BCUT2D eigenvalue weighted by Gasteiger charge is -2.52. The van der Waals surface area contributed by atoms with Crippen molar-refractivity contribution in [2.45, 2.75) is 50.2 Å². The number of esters is 1. The summed E-state index contributed by atoms with van der Waals surface area (Å²) in [6.07, 6.45) is 6.84. The molecular weight excluding hydrogens is 446 g/mol. The number of carbonyl (C=O) groups is 1. The fraction of sp³-hybridized carbons (Fsp3) is 0.406. The highest BCUT2D eigenvalue weighted by Crippen LogP contribution is 2.38. The molecule has 3 fully saturated rings. The molecule has 0 aliphatic carbocycles. The van der Waals surface area contributed by atoms with Crippen LogP contribution in [-0.4, -0.2) is 47.8 Å². The molecular formula is C32H38NO3+. The smallest absolute Gasteiger partial charge is 0.348 e. The van der Waals surface area contributed by atoms with E-state index in [4.69, 9.17) is 4.74 Å². The molecule has 1 unspecified atom stereocenters. The third-order valence-electron chi connectivity index (χ3n) is 8.42. The van der Waals surface area contributed by atoms with Crippen molar-refractivity contribution in [2.75, 3.05) is 26.2 Å². The summed E-state index contributed by atoms with van der Waals surface area (Å²) < 4.78 is 7.26. The van der Waals surface area contributed by atoms with Gasteiger partial charge in [-0.25, -0.2) is 4.79 Å². The number of carbonyl (C=O) groups excluding carboxylic acids is 1. The number of piperidine rings is 3. The van der Waals surface area contributed by atoms with Crippen LogP contribution < -0.4 is 0 Å². The largest absolute Gasteiger partial charge is 0.453 e. The number of hydrogen-bond acceptors (Lipinski definition) is 3. The first-order chi connectivity index (χ1) is 17.6. The van der Waals surface area contributed by atoms with Gasteiger partial charge in [-0.05, 0) is 42.4 Å². The topological polar surface area (TPSA) is 46.5 Å². The molecule has 0 amide bonds. The summed E-state index contributed by atoms with van der Waals surface area (Å²) in [5, 5.41) is 11.8. The van der Waals surface area contributed by atoms with Gasteiger partial charge in [0.2, 0.25) is 5.60 Å². The number of quaternary nitrogens is 1. The van der Waals surface area contributed by atoms with Gasteiger partial charge < -0.3 is 14.3 Å². The van der Waals surface area contributed by atoms with Crippen molar-refractivity contribution in [3.8, 4) is 0 Å². The number of hydrogen-bond donors (Lipinski definition) is 1. The predicted octanol–water partition coefficient (Wildman–Crippen LogP) is 5.49. The van der Waals surface area contributed by atoms with Crippen molar-refractivity contribution in [1.29, 1.82) is 0 Å². The highest BCUT2D eigenvalue weighted by atomic mass is 16.6. The Morgan fingerprint density at radius 2 is 1.36 bits per heavy atom. The van der Waals surface area contributed by atoms with Crippen LogP contribution in [0, 0.1) is 5.92 Å². The molecule has 0 spiro atoms. The molecule has 4 heteroatoms. The number of rotatable bonds is 10. The zero-order valence-electron chi connectivity index (χ0n) is 21.1. The van der Waals surface area contributed by atoms with Gasteiger partial charge in [0.1, 0.15) is 6.54 Å². The fourth-order valence-corrected chi connectivity index (χ4v) is 6.25. The predicted molar refractivity (Wildman–Crippen MR) is 142 cm³/mol. The van der Waals surface area contributed by atoms with Crippen LogP contribution in [0.2, 0.25) is 0 Å². The Kier molecular flexibility index (Phi) is 7.54. The van der Waals surface area contributed by atoms with Gasteiger partial charge in [-0.15, -0.1) is 0 Å². The standard InChI is InChI=1S/C32H38NO3/c34-31(32(35,28-16-8-2-9-17-28)29-18-10-3-11-19-29)36-30-25-33(23-20-27(30)21-24-33)22-12-4-7-15-26-13-5-1-6-14-26/h1-3,5-6,8-11,13-14,16-19,27,30,35H,4,7,12,15,20-25H2/q+1. The molecule has 3 aliphatic rings. The summed E-state index contributed by atoms with van der Waals surface area (Å²) in [5.74, 6) is -0.164. The van der Waals surface area contributed by atoms with Crippen molar-refractivity contribution in [3.05, 3.63) is 108 Å². The Labute approximate surface area is 215 Å². The average Bonchev–Trinajstić information content (AvgIpc) is 2.94. The third kappa shape index (κ3) is 5.25. The molecule has 0 aromatic heterocycles. The second kappa shape index (κ2) is 11.0. The SMILES string of the molecule is O=C(OC1C[N+]2(CCCCCc3ccccc3)CCC1CC2)C(O)(c1ccccc1)c1ccccc1. The molecule has 3 aliphatic heterocycles. The van der Waals surface area contributed by atoms with Gasteiger partial charge in [-0.1, -0.05) is 91.0 Å². The average molecular weight is 485 g/mol. The molecule has 6 rings (SSSR count). The van der Waals surface area contributed by atoms with Crippen LogP contribution >= 0.6 is 0 Å². The molecule has 4 nitrogen and oxygen atoms in total. The Hall–Kier alpha value is -2.95. The van der Waals surface area contributed by atoms with Gasteiger partial charge in [0.25, 0.3) is 0 Å². The van der Waals surface area contributed by atoms with Gasteiger partial charge in [0, 0.05) is 18.8 Å². The van der Waals surface area contributed by atoms with Crippen LogP contribution in [0.3, 0.4) is 0 Å². The first kappa shape index (κ1) is 24.7. The zero-order chi connectivity index (χ0) is 24.8. The fourth-order valence-electron chi connectivity index (χ4n) is 6.25. The summed E-state index contributed by atoms with van der Waals surface area (Å²) in [5.41, 5.74) is 0.700. The highest BCUT2D eigenvalue weighted by Gasteiger charge is 2.50. The van der Waals surface area contributed by atoms with E-state index in [-0.39, 0.29) is 6.10 Å². The second-order valence-electron chi connectivity index (χ2n) is 10.7. The van der Waals surface area contributed by atoms with E-state index >= 15 is 0 Å². The van der Waals surface area contributed by atoms with Gasteiger partial charge in [-0.2, -0.15) is 0 Å². The second-order valence-corrected chi connectivity index (χ2v) is 10.7. The number of unbranched alkanes of at least 4 members (excludes halogenated alkanes) is 2. The Bertz CT molecular complexity index is 1070. The van der Waals surface area contributed by atoms with E-state index in [0.717, 1.165) is 36.8 Å². The third-order valence-corrected chi connectivity index (χ3v) is 8.42. The quantitative estimate of drug-likeness (QED) is 0.235. The minimum absolute atomic E-state index is 0.136. The summed E-state index contributed by atoms with van der Waals surface area (Å²) in [7, 11) is 0. The first-order valence-corrected chi connectivity index (χ1v) is 13.5. The van der Waals surface area contributed by atoms with Crippen molar-refractivity contribution >= 4 is 5.97 Å². The number of aryl methyl sites for hydroxylation is 1. The minimum atomic E-state index is -1.81. The Morgan fingerprint density at radius 3 is 1.94 bits per heavy atom. The van der Waals surface area contributed by atoms with Crippen LogP contribution in [-0.2, 0) is 21.6 Å². The monoisotopic (exact) mass is 484 g/mol. The van der Waals surface area contributed by atoms with E-state index in [1.165, 1.54) is 37.9 Å². The van der Waals surface area contributed by atoms with Crippen LogP contribution in [0.25, 0.3) is 0 Å². The molecule has 0 radical (unpaired) electrons. The van der Waals surface area contributed by atoms with Crippen molar-refractivity contribution in [2.24, 2.45) is 5.92 Å². The molecule has 3 saturated heterocycles. The van der Waals surface area contributed by atoms with E-state index in [2.05, 4.69) is 30.3 Å². The van der Waals surface area contributed by atoms with Crippen molar-refractivity contribution < 1.29 is 19.1 Å². The molecule has 3 heterocycles. The minimum Gasteiger partial charge on any atom is -0.453 e. The van der Waals surface area contributed by atoms with Crippen LogP contribution in [0.4, 0.5) is 0 Å². The number of fused-ring (bicyclic) bond motifs is 3. The van der Waals surface area contributed by atoms with Crippen molar-refractivity contribution in [3.63, 3.8) is 0 Å². The lowest BCUT2D eigenvalue weighted by molar-refractivity contribution is -0.946. The molecule has 2 bridgehead atoms. The number of aliphatic hydroxyl groups is 1. The van der Waals surface area contributed by atoms with E-state index in [9.17, 15) is 9.90 Å². The summed E-state index contributed by atoms with van der Waals surface area (Å²) in [6, 6.07) is 29.1. The summed E-state index contributed by atoms with van der Waals surface area (Å²) in [6.45, 7) is 4.38. The maximum atomic E-state index is 13.7. The Morgan fingerprint density at radius 1 is 0.806 bits per heavy atom. The summed E-state index contributed by atoms with van der Waals surface area (Å²) in [4.78, 5) is 13.7. The molecule has 1 N–H and O–H groups in total. The molecule has 188 valence electrons. The molecule has 36 heavy (non-hydrogen) atoms. The highest BCUT2D eigenvalue weighted by molar-refractivity contribution is 5.85. The maximum absolute atomic E-state index is 13.7. The van der Waals surface area contributed by atoms with E-state index in [1.807, 2.05) is 36.4 Å². The lowest BCUT2D eigenvalue weighted by atomic mass is 9.82. The van der Waals surface area contributed by atoms with Crippen LogP contribution in [0.1, 0.15) is 48.8 Å². The van der Waals surface area contributed by atoms with E-state index in [1.54, 1.807) is 24.3 Å². The van der Waals surface area contributed by atoms with Crippen LogP contribution in [0.5, 0.6) is 0 Å². The molecule has 1 atom stereocenters. The van der Waals surface area contributed by atoms with E-state index in [0.29, 0.717) is 17.0 Å². The summed E-state index contributed by atoms with van der Waals surface area (Å²) >= 11 is 0. The van der Waals surface area contributed by atoms with Gasteiger partial charge >= 0.3 is 5.97 Å². The lowest BCUT2D eigenvalue weighted by Crippen LogP contribution is -2.65. The normalized spacial score (nSPS) is 23.4. The van der Waals surface area contributed by atoms with Crippen molar-refractivity contribution in [1.82, 2.24) is 0 Å². The van der Waals surface area contributed by atoms with Gasteiger partial charge in [-0.3, -0.25) is 0 Å². The van der Waals surface area contributed by atoms with Gasteiger partial charge in [0.15, 0.2) is 6.10 Å². The van der Waals surface area contributed by atoms with Crippen LogP contribution in [0.15, 0.2) is 91.0 Å².